The maximum Gasteiger partial charge on any atom is 0.252 e. The Hall–Kier alpha value is -2.18. The topological polar surface area (TPSA) is 99.3 Å². The molecule has 2 aromatic heterocycles. The van der Waals surface area contributed by atoms with Crippen molar-refractivity contribution in [1.82, 2.24) is 25.1 Å². The van der Waals surface area contributed by atoms with Crippen LogP contribution in [0.4, 0.5) is 5.82 Å². The lowest BCUT2D eigenvalue weighted by molar-refractivity contribution is 0.942. The molecule has 0 aliphatic heterocycles. The Balaban J connectivity index is 2.02. The minimum absolute atomic E-state index is 0.194. The molecule has 0 fully saturated rings. The molecule has 7 heteroatoms. The number of nitrogens with zero attached hydrogens (tertiary/aromatic N) is 3. The summed E-state index contributed by atoms with van der Waals surface area (Å²) >= 11 is 0. The first kappa shape index (κ1) is 8.42. The van der Waals surface area contributed by atoms with E-state index in [1.54, 1.807) is 0 Å². The summed E-state index contributed by atoms with van der Waals surface area (Å²) in [6.07, 6.45) is 2.76. The smallest absolute Gasteiger partial charge is 0.252 e. The number of aromatic amines is 2. The molecule has 0 bridgehead atoms. The third-order valence-corrected chi connectivity index (χ3v) is 1.58. The van der Waals surface area contributed by atoms with Crippen molar-refractivity contribution in [3.8, 4) is 0 Å². The zero-order chi connectivity index (χ0) is 9.80. The lowest BCUT2D eigenvalue weighted by Gasteiger charge is -2.00. The second kappa shape index (κ2) is 3.69. The van der Waals surface area contributed by atoms with Gasteiger partial charge in [0.25, 0.3) is 5.56 Å². The fourth-order valence-electron chi connectivity index (χ4n) is 0.955. The van der Waals surface area contributed by atoms with Gasteiger partial charge in [-0.3, -0.25) is 9.89 Å². The van der Waals surface area contributed by atoms with Crippen LogP contribution >= 0.6 is 0 Å². The summed E-state index contributed by atoms with van der Waals surface area (Å²) in [5, 5.41) is 9.30. The molecule has 2 rings (SSSR count). The number of nitrogens with one attached hydrogen (secondary N) is 3. The first-order valence-corrected chi connectivity index (χ1v) is 3.97. The molecule has 2 aromatic rings. The summed E-state index contributed by atoms with van der Waals surface area (Å²) in [7, 11) is 0. The van der Waals surface area contributed by atoms with Crippen LogP contribution in [0.25, 0.3) is 0 Å². The van der Waals surface area contributed by atoms with Gasteiger partial charge in [-0.1, -0.05) is 0 Å². The number of aromatic nitrogens is 5. The molecule has 7 nitrogen and oxygen atoms in total. The van der Waals surface area contributed by atoms with Gasteiger partial charge in [0.1, 0.15) is 18.0 Å². The van der Waals surface area contributed by atoms with Crippen molar-refractivity contribution in [3.05, 3.63) is 34.9 Å². The minimum Gasteiger partial charge on any atom is -0.363 e. The summed E-state index contributed by atoms with van der Waals surface area (Å²) in [5.41, 5.74) is -0.194. The maximum atomic E-state index is 10.9. The first-order chi connectivity index (χ1) is 6.84. The Morgan fingerprint density at radius 1 is 1.43 bits per heavy atom. The molecule has 0 amide bonds. The van der Waals surface area contributed by atoms with Crippen molar-refractivity contribution in [1.29, 1.82) is 0 Å². The largest absolute Gasteiger partial charge is 0.363 e. The SMILES string of the molecule is O=c1cc(NCc2ncn[nH]2)nc[nH]1. The fraction of sp³-hybridized carbons (Fsp3) is 0.143. The summed E-state index contributed by atoms with van der Waals surface area (Å²) in [6.45, 7) is 0.455. The van der Waals surface area contributed by atoms with E-state index in [0.29, 0.717) is 18.2 Å². The van der Waals surface area contributed by atoms with Gasteiger partial charge in [0.05, 0.1) is 12.9 Å². The molecular formula is C7H8N6O. The first-order valence-electron chi connectivity index (χ1n) is 3.97. The Labute approximate surface area is 78.6 Å². The van der Waals surface area contributed by atoms with Crippen LogP contribution in [-0.4, -0.2) is 25.1 Å². The molecule has 0 unspecified atom stereocenters. The Morgan fingerprint density at radius 3 is 3.07 bits per heavy atom. The zero-order valence-electron chi connectivity index (χ0n) is 7.19. The molecule has 0 aromatic carbocycles. The van der Waals surface area contributed by atoms with Crippen LogP contribution in [0, 0.1) is 0 Å². The predicted octanol–water partition coefficient (Wildman–Crippen LogP) is -0.500. The molecule has 14 heavy (non-hydrogen) atoms. The molecule has 0 aliphatic rings. The fourth-order valence-corrected chi connectivity index (χ4v) is 0.955. The molecule has 2 heterocycles. The zero-order valence-corrected chi connectivity index (χ0v) is 7.19. The van der Waals surface area contributed by atoms with E-state index in [1.807, 2.05) is 0 Å². The van der Waals surface area contributed by atoms with E-state index in [0.717, 1.165) is 0 Å². The number of hydrogen-bond donors (Lipinski definition) is 3. The van der Waals surface area contributed by atoms with Gasteiger partial charge >= 0.3 is 0 Å². The maximum absolute atomic E-state index is 10.9. The third-order valence-electron chi connectivity index (χ3n) is 1.58. The molecule has 0 saturated heterocycles. The van der Waals surface area contributed by atoms with Crippen LogP contribution in [0.2, 0.25) is 0 Å². The summed E-state index contributed by atoms with van der Waals surface area (Å²) < 4.78 is 0. The molecule has 0 aliphatic carbocycles. The van der Waals surface area contributed by atoms with E-state index in [4.69, 9.17) is 0 Å². The summed E-state index contributed by atoms with van der Waals surface area (Å²) in [5.74, 6) is 1.19. The third kappa shape index (κ3) is 1.94. The number of rotatable bonds is 3. The van der Waals surface area contributed by atoms with Gasteiger partial charge in [0.15, 0.2) is 0 Å². The van der Waals surface area contributed by atoms with Crippen molar-refractivity contribution >= 4 is 5.82 Å². The van der Waals surface area contributed by atoms with Gasteiger partial charge < -0.3 is 10.3 Å². The second-order valence-corrected chi connectivity index (χ2v) is 2.58. The average Bonchev–Trinajstić information content (AvgIpc) is 2.67. The van der Waals surface area contributed by atoms with Gasteiger partial charge in [0, 0.05) is 6.07 Å². The quantitative estimate of drug-likeness (QED) is 0.608. The molecule has 0 saturated carbocycles. The highest BCUT2D eigenvalue weighted by atomic mass is 16.1. The minimum atomic E-state index is -0.194. The summed E-state index contributed by atoms with van der Waals surface area (Å²) in [4.78, 5) is 21.1. The lowest BCUT2D eigenvalue weighted by Crippen LogP contribution is -2.09. The van der Waals surface area contributed by atoms with Gasteiger partial charge in [-0.15, -0.1) is 0 Å². The molecule has 3 N–H and O–H groups in total. The Bertz CT molecular complexity index is 447. The molecule has 0 atom stereocenters. The highest BCUT2D eigenvalue weighted by Crippen LogP contribution is 1.97. The van der Waals surface area contributed by atoms with Crippen LogP contribution < -0.4 is 10.9 Å². The normalized spacial score (nSPS) is 10.0. The highest BCUT2D eigenvalue weighted by Gasteiger charge is 1.96. The van der Waals surface area contributed by atoms with Crippen molar-refractivity contribution in [3.63, 3.8) is 0 Å². The van der Waals surface area contributed by atoms with E-state index in [-0.39, 0.29) is 5.56 Å². The van der Waals surface area contributed by atoms with Crippen molar-refractivity contribution in [2.45, 2.75) is 6.54 Å². The molecular weight excluding hydrogens is 184 g/mol. The Morgan fingerprint density at radius 2 is 2.36 bits per heavy atom. The van der Waals surface area contributed by atoms with Crippen LogP contribution in [0.15, 0.2) is 23.5 Å². The molecule has 0 spiro atoms. The van der Waals surface area contributed by atoms with Gasteiger partial charge in [0.2, 0.25) is 0 Å². The van der Waals surface area contributed by atoms with Crippen LogP contribution in [0.3, 0.4) is 0 Å². The van der Waals surface area contributed by atoms with E-state index in [9.17, 15) is 4.79 Å². The van der Waals surface area contributed by atoms with E-state index in [2.05, 4.69) is 30.5 Å². The van der Waals surface area contributed by atoms with Gasteiger partial charge in [-0.05, 0) is 0 Å². The number of anilines is 1. The summed E-state index contributed by atoms with van der Waals surface area (Å²) in [6, 6.07) is 1.37. The van der Waals surface area contributed by atoms with Crippen LogP contribution in [0.1, 0.15) is 5.82 Å². The standard InChI is InChI=1S/C7H8N6O/c14-7-1-5(9-3-11-7)8-2-6-10-4-12-13-6/h1,3-4H,2H2,(H,10,12,13)(H2,8,9,11,14). The van der Waals surface area contributed by atoms with Gasteiger partial charge in [-0.2, -0.15) is 5.10 Å². The molecule has 72 valence electrons. The monoisotopic (exact) mass is 192 g/mol. The van der Waals surface area contributed by atoms with Crippen LogP contribution in [-0.2, 0) is 6.54 Å². The molecule has 0 radical (unpaired) electrons. The van der Waals surface area contributed by atoms with Crippen molar-refractivity contribution in [2.75, 3.05) is 5.32 Å². The van der Waals surface area contributed by atoms with E-state index >= 15 is 0 Å². The van der Waals surface area contributed by atoms with E-state index in [1.165, 1.54) is 18.7 Å². The van der Waals surface area contributed by atoms with Crippen molar-refractivity contribution in [2.24, 2.45) is 0 Å². The van der Waals surface area contributed by atoms with Crippen LogP contribution in [0.5, 0.6) is 0 Å². The highest BCUT2D eigenvalue weighted by molar-refractivity contribution is 5.31. The number of H-pyrrole nitrogens is 2. The Kier molecular flexibility index (Phi) is 2.22. The van der Waals surface area contributed by atoms with Gasteiger partial charge in [-0.25, -0.2) is 9.97 Å². The predicted molar refractivity (Wildman–Crippen MR) is 48.6 cm³/mol. The van der Waals surface area contributed by atoms with Crippen molar-refractivity contribution < 1.29 is 0 Å². The second-order valence-electron chi connectivity index (χ2n) is 2.58. The number of hydrogen-bond acceptors (Lipinski definition) is 5. The average molecular weight is 192 g/mol. The lowest BCUT2D eigenvalue weighted by atomic mass is 10.5. The van der Waals surface area contributed by atoms with E-state index < -0.39 is 0 Å².